The van der Waals surface area contributed by atoms with Crippen LogP contribution < -0.4 is 10.2 Å². The van der Waals surface area contributed by atoms with E-state index in [4.69, 9.17) is 0 Å². The molecule has 0 bridgehead atoms. The van der Waals surface area contributed by atoms with Crippen molar-refractivity contribution in [1.82, 2.24) is 4.90 Å². The number of carbonyl (C=O) groups excluding carboxylic acids is 2. The summed E-state index contributed by atoms with van der Waals surface area (Å²) in [6.45, 7) is 0.454. The van der Waals surface area contributed by atoms with Crippen molar-refractivity contribution in [3.8, 4) is 0 Å². The van der Waals surface area contributed by atoms with Gasteiger partial charge in [0.25, 0.3) is 5.91 Å². The van der Waals surface area contributed by atoms with Crippen molar-refractivity contribution in [1.29, 1.82) is 0 Å². The lowest BCUT2D eigenvalue weighted by atomic mass is 10.1. The minimum absolute atomic E-state index is 0.0218. The first-order valence-corrected chi connectivity index (χ1v) is 9.61. The van der Waals surface area contributed by atoms with Crippen LogP contribution in [0.15, 0.2) is 40.9 Å². The maximum Gasteiger partial charge on any atom is 0.254 e. The highest BCUT2D eigenvalue weighted by Gasteiger charge is 2.34. The summed E-state index contributed by atoms with van der Waals surface area (Å²) in [5, 5.41) is 2.54. The predicted octanol–water partition coefficient (Wildman–Crippen LogP) is 4.04. The molecule has 1 atom stereocenters. The van der Waals surface area contributed by atoms with Gasteiger partial charge in [-0.15, -0.1) is 0 Å². The highest BCUT2D eigenvalue weighted by Crippen LogP contribution is 2.27. The van der Waals surface area contributed by atoms with E-state index in [0.29, 0.717) is 24.9 Å². The van der Waals surface area contributed by atoms with Crippen LogP contribution >= 0.6 is 15.9 Å². The molecule has 0 aliphatic carbocycles. The van der Waals surface area contributed by atoms with E-state index in [9.17, 15) is 18.4 Å². The SMILES string of the molecule is CN(C)c1c(F)cc(NC(=O)C2CCCN2C(=O)c2ccc(Br)cc2)cc1F. The van der Waals surface area contributed by atoms with E-state index in [1.165, 1.54) is 23.9 Å². The van der Waals surface area contributed by atoms with Gasteiger partial charge < -0.3 is 15.1 Å². The van der Waals surface area contributed by atoms with Crippen LogP contribution in [-0.4, -0.2) is 43.4 Å². The molecule has 2 amide bonds. The summed E-state index contributed by atoms with van der Waals surface area (Å²) in [6, 6.07) is 8.36. The minimum atomic E-state index is -0.769. The molecule has 5 nitrogen and oxygen atoms in total. The van der Waals surface area contributed by atoms with Crippen molar-refractivity contribution in [3.63, 3.8) is 0 Å². The molecule has 148 valence electrons. The first-order valence-electron chi connectivity index (χ1n) is 8.81. The van der Waals surface area contributed by atoms with Crippen molar-refractivity contribution in [2.24, 2.45) is 0 Å². The quantitative estimate of drug-likeness (QED) is 0.762. The molecule has 8 heteroatoms. The molecule has 1 heterocycles. The van der Waals surface area contributed by atoms with Crippen LogP contribution in [0.3, 0.4) is 0 Å². The first-order chi connectivity index (χ1) is 13.3. The molecule has 0 saturated carbocycles. The highest BCUT2D eigenvalue weighted by atomic mass is 79.9. The van der Waals surface area contributed by atoms with Crippen molar-refractivity contribution < 1.29 is 18.4 Å². The van der Waals surface area contributed by atoms with Gasteiger partial charge in [0, 0.05) is 36.4 Å². The van der Waals surface area contributed by atoms with E-state index in [0.717, 1.165) is 16.6 Å². The van der Waals surface area contributed by atoms with Gasteiger partial charge >= 0.3 is 0 Å². The van der Waals surface area contributed by atoms with E-state index in [2.05, 4.69) is 21.2 Å². The second-order valence-electron chi connectivity index (χ2n) is 6.84. The third kappa shape index (κ3) is 4.16. The molecule has 1 saturated heterocycles. The van der Waals surface area contributed by atoms with Gasteiger partial charge in [0.15, 0.2) is 11.6 Å². The Bertz CT molecular complexity index is 880. The number of carbonyl (C=O) groups is 2. The molecule has 3 rings (SSSR count). The molecule has 1 aliphatic heterocycles. The Morgan fingerprint density at radius 3 is 2.32 bits per heavy atom. The number of likely N-dealkylation sites (tertiary alicyclic amines) is 1. The van der Waals surface area contributed by atoms with Gasteiger partial charge in [-0.1, -0.05) is 15.9 Å². The lowest BCUT2D eigenvalue weighted by molar-refractivity contribution is -0.119. The van der Waals surface area contributed by atoms with Crippen molar-refractivity contribution in [3.05, 3.63) is 58.1 Å². The van der Waals surface area contributed by atoms with Crippen LogP contribution in [0, 0.1) is 11.6 Å². The second kappa shape index (κ2) is 8.26. The van der Waals surface area contributed by atoms with Crippen LogP contribution in [0.25, 0.3) is 0 Å². The summed E-state index contributed by atoms with van der Waals surface area (Å²) in [5.74, 6) is -2.24. The fourth-order valence-electron chi connectivity index (χ4n) is 3.33. The summed E-state index contributed by atoms with van der Waals surface area (Å²) in [5.41, 5.74) is 0.328. The summed E-state index contributed by atoms with van der Waals surface area (Å²) in [4.78, 5) is 28.3. The molecule has 0 spiro atoms. The lowest BCUT2D eigenvalue weighted by Gasteiger charge is -2.24. The monoisotopic (exact) mass is 451 g/mol. The van der Waals surface area contributed by atoms with Crippen molar-refractivity contribution in [2.75, 3.05) is 30.9 Å². The summed E-state index contributed by atoms with van der Waals surface area (Å²) in [6.07, 6.45) is 1.18. The number of rotatable bonds is 4. The van der Waals surface area contributed by atoms with Crippen molar-refractivity contribution in [2.45, 2.75) is 18.9 Å². The number of nitrogens with zero attached hydrogens (tertiary/aromatic N) is 2. The van der Waals surface area contributed by atoms with E-state index in [-0.39, 0.29) is 17.3 Å². The fraction of sp³-hybridized carbons (Fsp3) is 0.300. The topological polar surface area (TPSA) is 52.7 Å². The molecule has 1 aliphatic rings. The van der Waals surface area contributed by atoms with E-state index in [1.54, 1.807) is 24.3 Å². The van der Waals surface area contributed by atoms with Crippen LogP contribution in [0.5, 0.6) is 0 Å². The van der Waals surface area contributed by atoms with Crippen LogP contribution in [0.1, 0.15) is 23.2 Å². The normalized spacial score (nSPS) is 16.2. The van der Waals surface area contributed by atoms with Gasteiger partial charge in [-0.05, 0) is 49.2 Å². The Morgan fingerprint density at radius 1 is 1.14 bits per heavy atom. The molecule has 28 heavy (non-hydrogen) atoms. The van der Waals surface area contributed by atoms with Crippen molar-refractivity contribution >= 4 is 39.1 Å². The second-order valence-corrected chi connectivity index (χ2v) is 7.75. The Labute approximate surface area is 170 Å². The molecule has 1 unspecified atom stereocenters. The number of amides is 2. The summed E-state index contributed by atoms with van der Waals surface area (Å²) < 4.78 is 29.1. The molecule has 0 radical (unpaired) electrons. The van der Waals surface area contributed by atoms with Crippen LogP contribution in [0.2, 0.25) is 0 Å². The molecule has 2 aromatic rings. The highest BCUT2D eigenvalue weighted by molar-refractivity contribution is 9.10. The standard InChI is InChI=1S/C20H20BrF2N3O2/c1-25(2)18-15(22)10-14(11-16(18)23)24-19(27)17-4-3-9-26(17)20(28)12-5-7-13(21)8-6-12/h5-8,10-11,17H,3-4,9H2,1-2H3,(H,24,27). The average Bonchev–Trinajstić information content (AvgIpc) is 3.10. The number of anilines is 2. The number of hydrogen-bond acceptors (Lipinski definition) is 3. The third-order valence-corrected chi connectivity index (χ3v) is 5.17. The Kier molecular flexibility index (Phi) is 5.98. The first kappa shape index (κ1) is 20.3. The van der Waals surface area contributed by atoms with Gasteiger partial charge in [0.2, 0.25) is 5.91 Å². The number of nitrogens with one attached hydrogen (secondary N) is 1. The Balaban J connectivity index is 1.76. The van der Waals surface area contributed by atoms with Crippen LogP contribution in [-0.2, 0) is 4.79 Å². The Hall–Kier alpha value is -2.48. The van der Waals surface area contributed by atoms with Gasteiger partial charge in [-0.25, -0.2) is 8.78 Å². The van der Waals surface area contributed by atoms with E-state index in [1.807, 2.05) is 0 Å². The maximum atomic E-state index is 14.1. The predicted molar refractivity (Wildman–Crippen MR) is 108 cm³/mol. The summed E-state index contributed by atoms with van der Waals surface area (Å²) in [7, 11) is 3.06. The van der Waals surface area contributed by atoms with E-state index < -0.39 is 23.6 Å². The van der Waals surface area contributed by atoms with Gasteiger partial charge in [-0.3, -0.25) is 9.59 Å². The molecular formula is C20H20BrF2N3O2. The smallest absolute Gasteiger partial charge is 0.254 e. The zero-order valence-corrected chi connectivity index (χ0v) is 17.1. The molecular weight excluding hydrogens is 432 g/mol. The largest absolute Gasteiger partial charge is 0.373 e. The Morgan fingerprint density at radius 2 is 1.75 bits per heavy atom. The zero-order chi connectivity index (χ0) is 20.4. The zero-order valence-electron chi connectivity index (χ0n) is 15.5. The molecule has 0 aromatic heterocycles. The van der Waals surface area contributed by atoms with Crippen LogP contribution in [0.4, 0.5) is 20.2 Å². The molecule has 1 fully saturated rings. The van der Waals surface area contributed by atoms with E-state index >= 15 is 0 Å². The number of hydrogen-bond donors (Lipinski definition) is 1. The third-order valence-electron chi connectivity index (χ3n) is 4.64. The molecule has 2 aromatic carbocycles. The number of benzene rings is 2. The fourth-order valence-corrected chi connectivity index (χ4v) is 3.60. The lowest BCUT2D eigenvalue weighted by Crippen LogP contribution is -2.43. The number of halogens is 3. The maximum absolute atomic E-state index is 14.1. The minimum Gasteiger partial charge on any atom is -0.373 e. The molecule has 1 N–H and O–H groups in total. The van der Waals surface area contributed by atoms with Gasteiger partial charge in [0.1, 0.15) is 11.7 Å². The average molecular weight is 452 g/mol. The van der Waals surface area contributed by atoms with Gasteiger partial charge in [0.05, 0.1) is 0 Å². The summed E-state index contributed by atoms with van der Waals surface area (Å²) >= 11 is 3.32. The van der Waals surface area contributed by atoms with Gasteiger partial charge in [-0.2, -0.15) is 0 Å².